The lowest BCUT2D eigenvalue weighted by molar-refractivity contribution is -0.135. The van der Waals surface area contributed by atoms with Gasteiger partial charge in [0.1, 0.15) is 6.04 Å². The lowest BCUT2D eigenvalue weighted by Crippen LogP contribution is -2.44. The van der Waals surface area contributed by atoms with E-state index in [-0.39, 0.29) is 42.5 Å². The van der Waals surface area contributed by atoms with Gasteiger partial charge in [0.05, 0.1) is 36.7 Å². The highest BCUT2D eigenvalue weighted by Crippen LogP contribution is 2.44. The molecule has 0 spiro atoms. The summed E-state index contributed by atoms with van der Waals surface area (Å²) >= 11 is 6.33. The smallest absolute Gasteiger partial charge is 0.329 e. The van der Waals surface area contributed by atoms with Gasteiger partial charge in [-0.15, -0.1) is 0 Å². The maximum atomic E-state index is 14.0. The largest absolute Gasteiger partial charge is 0.493 e. The molecule has 3 aliphatic heterocycles. The van der Waals surface area contributed by atoms with Crippen LogP contribution in [0.25, 0.3) is 11.0 Å². The number of rotatable bonds is 16. The third-order valence-electron chi connectivity index (χ3n) is 13.3. The number of benzene rings is 4. The number of hydrogen-bond acceptors (Lipinski definition) is 8. The fraction of sp³-hybridized carbons (Fsp3) is 0.451. The molecule has 3 aliphatic rings. The number of hydrogen-bond donors (Lipinski definition) is 1. The van der Waals surface area contributed by atoms with E-state index in [1.54, 1.807) is 18.7 Å². The van der Waals surface area contributed by atoms with Crippen LogP contribution in [0.3, 0.4) is 0 Å². The molecule has 338 valence electrons. The summed E-state index contributed by atoms with van der Waals surface area (Å²) in [5.74, 6) is 1.22. The number of imide groups is 1. The molecule has 3 amide bonds. The number of unbranched alkanes of at least 4 members (excludes halogenated alkanes) is 3. The summed E-state index contributed by atoms with van der Waals surface area (Å²) in [7, 11) is 5.54. The third kappa shape index (κ3) is 9.73. The van der Waals surface area contributed by atoms with Crippen molar-refractivity contribution in [3.63, 3.8) is 0 Å². The van der Waals surface area contributed by atoms with Crippen LogP contribution < -0.4 is 30.3 Å². The molecule has 8 rings (SSSR count). The van der Waals surface area contributed by atoms with E-state index in [2.05, 4.69) is 58.6 Å². The number of methoxy groups -OCH3 is 1. The highest BCUT2D eigenvalue weighted by atomic mass is 35.5. The quantitative estimate of drug-likeness (QED) is 0.0776. The fourth-order valence-electron chi connectivity index (χ4n) is 9.89. The normalized spacial score (nSPS) is 18.4. The van der Waals surface area contributed by atoms with Crippen molar-refractivity contribution in [3.05, 3.63) is 117 Å². The lowest BCUT2D eigenvalue weighted by atomic mass is 9.86. The number of anilines is 2. The molecule has 0 aliphatic carbocycles. The van der Waals surface area contributed by atoms with Gasteiger partial charge in [-0.3, -0.25) is 28.8 Å². The number of halogens is 1. The van der Waals surface area contributed by atoms with Gasteiger partial charge in [-0.05, 0) is 161 Å². The van der Waals surface area contributed by atoms with E-state index < -0.39 is 11.9 Å². The molecule has 12 nitrogen and oxygen atoms in total. The van der Waals surface area contributed by atoms with Crippen LogP contribution in [0, 0.1) is 5.92 Å². The van der Waals surface area contributed by atoms with Gasteiger partial charge < -0.3 is 24.2 Å². The van der Waals surface area contributed by atoms with Crippen molar-refractivity contribution in [1.29, 1.82) is 0 Å². The second kappa shape index (κ2) is 19.7. The second-order valence-electron chi connectivity index (χ2n) is 18.1. The zero-order chi connectivity index (χ0) is 45.1. The molecule has 1 N–H and O–H groups in total. The molecule has 0 bridgehead atoms. The van der Waals surface area contributed by atoms with Gasteiger partial charge in [-0.2, -0.15) is 0 Å². The van der Waals surface area contributed by atoms with E-state index in [1.807, 2.05) is 61.2 Å². The van der Waals surface area contributed by atoms with Gasteiger partial charge in [0.2, 0.25) is 17.7 Å². The number of imidazole rings is 1. The average molecular weight is 890 g/mol. The molecule has 1 aromatic heterocycles. The van der Waals surface area contributed by atoms with Crippen molar-refractivity contribution in [3.8, 4) is 11.5 Å². The van der Waals surface area contributed by atoms with Gasteiger partial charge in [-0.1, -0.05) is 42.6 Å². The number of carbonyl (C=O) groups is 3. The number of piperidine rings is 2. The molecule has 1 unspecified atom stereocenters. The molecular weight excluding hydrogens is 828 g/mol. The summed E-state index contributed by atoms with van der Waals surface area (Å²) in [6.45, 7) is 8.34. The Morgan fingerprint density at radius 2 is 1.58 bits per heavy atom. The van der Waals surface area contributed by atoms with Crippen molar-refractivity contribution >= 4 is 51.7 Å². The maximum absolute atomic E-state index is 14.0. The van der Waals surface area contributed by atoms with Crippen molar-refractivity contribution < 1.29 is 23.9 Å². The lowest BCUT2D eigenvalue weighted by Gasteiger charge is -2.38. The summed E-state index contributed by atoms with van der Waals surface area (Å²) in [6.07, 6.45) is 8.68. The highest BCUT2D eigenvalue weighted by Gasteiger charge is 2.36. The van der Waals surface area contributed by atoms with Crippen LogP contribution in [0.15, 0.2) is 83.7 Å². The summed E-state index contributed by atoms with van der Waals surface area (Å²) in [6, 6.07) is 25.2. The van der Waals surface area contributed by atoms with Crippen LogP contribution in [0.1, 0.15) is 99.6 Å². The zero-order valence-corrected chi connectivity index (χ0v) is 38.5. The molecule has 4 heterocycles. The Hall–Kier alpha value is -5.59. The Morgan fingerprint density at radius 3 is 2.28 bits per heavy atom. The number of nitrogens with zero attached hydrogens (tertiary/aromatic N) is 5. The maximum Gasteiger partial charge on any atom is 0.329 e. The first kappa shape index (κ1) is 45.0. The summed E-state index contributed by atoms with van der Waals surface area (Å²) in [5, 5.41) is 3.02. The number of aryl methyl sites for hydroxylation is 2. The number of carbonyl (C=O) groups excluding carboxylic acids is 3. The number of likely N-dealkylation sites (tertiary alicyclic amines) is 1. The predicted molar refractivity (Wildman–Crippen MR) is 253 cm³/mol. The van der Waals surface area contributed by atoms with Gasteiger partial charge >= 0.3 is 5.69 Å². The molecule has 2 fully saturated rings. The summed E-state index contributed by atoms with van der Waals surface area (Å²) < 4.78 is 15.0. The fourth-order valence-corrected chi connectivity index (χ4v) is 10.0. The molecule has 0 saturated carbocycles. The van der Waals surface area contributed by atoms with Gasteiger partial charge in [-0.25, -0.2) is 4.79 Å². The Balaban J connectivity index is 0.808. The first-order chi connectivity index (χ1) is 30.9. The number of amides is 3. The predicted octanol–water partition coefficient (Wildman–Crippen LogP) is 8.40. The van der Waals surface area contributed by atoms with Crippen molar-refractivity contribution in [2.75, 3.05) is 50.1 Å². The van der Waals surface area contributed by atoms with Gasteiger partial charge in [0.15, 0.2) is 11.5 Å². The van der Waals surface area contributed by atoms with E-state index in [1.165, 1.54) is 35.8 Å². The van der Waals surface area contributed by atoms with Crippen LogP contribution >= 0.6 is 11.6 Å². The summed E-state index contributed by atoms with van der Waals surface area (Å²) in [4.78, 5) is 58.3. The van der Waals surface area contributed by atoms with E-state index in [4.69, 9.17) is 21.1 Å². The van der Waals surface area contributed by atoms with Crippen molar-refractivity contribution in [2.24, 2.45) is 13.0 Å². The molecule has 13 heteroatoms. The standard InChI is InChI=1S/C51H61ClN6O6/c1-33(2)64-46-31-41-37(29-45(46)63-5)30-48(60)57(49(41)36-12-14-38(52)15-13-36)40-18-16-39(17-19-40)54(3)32-35-23-26-56(27-24-35)25-9-7-6-8-10-34-11-20-42-44(28-34)55(4)51(62)58(42)43-21-22-47(59)53-50(43)61/h11-20,28-29,31,33,35,43,49H,6-10,21-27,30,32H2,1-5H3,(H,53,59,61)/t43?,49-/m1/s1. The highest BCUT2D eigenvalue weighted by molar-refractivity contribution is 6.30. The average Bonchev–Trinajstić information content (AvgIpc) is 3.52. The van der Waals surface area contributed by atoms with Crippen LogP contribution in [0.4, 0.5) is 11.4 Å². The minimum atomic E-state index is -0.668. The Kier molecular flexibility index (Phi) is 13.8. The second-order valence-corrected chi connectivity index (χ2v) is 18.5. The first-order valence-electron chi connectivity index (χ1n) is 22.9. The van der Waals surface area contributed by atoms with Gasteiger partial charge in [0.25, 0.3) is 0 Å². The monoisotopic (exact) mass is 888 g/mol. The van der Waals surface area contributed by atoms with E-state index in [0.717, 1.165) is 84.5 Å². The Labute approximate surface area is 381 Å². The molecular formula is C51H61ClN6O6. The molecule has 5 aromatic rings. The van der Waals surface area contributed by atoms with Crippen molar-refractivity contribution in [1.82, 2.24) is 19.4 Å². The van der Waals surface area contributed by atoms with E-state index in [9.17, 15) is 19.2 Å². The molecule has 2 saturated heterocycles. The number of ether oxygens (including phenoxy) is 2. The minimum Gasteiger partial charge on any atom is -0.493 e. The van der Waals surface area contributed by atoms with E-state index in [0.29, 0.717) is 28.9 Å². The van der Waals surface area contributed by atoms with Gasteiger partial charge in [0, 0.05) is 43.5 Å². The van der Waals surface area contributed by atoms with Crippen LogP contribution in [0.2, 0.25) is 5.02 Å². The third-order valence-corrected chi connectivity index (χ3v) is 13.6. The van der Waals surface area contributed by atoms with Crippen molar-refractivity contribution in [2.45, 2.75) is 96.2 Å². The number of aromatic nitrogens is 2. The topological polar surface area (TPSA) is 118 Å². The van der Waals surface area contributed by atoms with E-state index >= 15 is 0 Å². The molecule has 64 heavy (non-hydrogen) atoms. The SMILES string of the molecule is COc1cc2c(cc1OC(C)C)[C@@H](c1ccc(Cl)cc1)N(c1ccc(N(C)CC3CCN(CCCCCCc4ccc5c(c4)n(C)c(=O)n5C4CCC(=O)NC4=O)CC3)cc1)C(=O)C2. The van der Waals surface area contributed by atoms with Crippen LogP contribution in [-0.2, 0) is 34.3 Å². The first-order valence-corrected chi connectivity index (χ1v) is 23.3. The zero-order valence-electron chi connectivity index (χ0n) is 37.8. The molecule has 0 radical (unpaired) electrons. The Morgan fingerprint density at radius 1 is 0.844 bits per heavy atom. The number of fused-ring (bicyclic) bond motifs is 2. The van der Waals surface area contributed by atoms with Crippen LogP contribution in [0.5, 0.6) is 11.5 Å². The molecule has 4 aromatic carbocycles. The summed E-state index contributed by atoms with van der Waals surface area (Å²) in [5.41, 5.74) is 7.38. The van der Waals surface area contributed by atoms with Crippen LogP contribution in [-0.4, -0.2) is 78.2 Å². The molecule has 2 atom stereocenters. The minimum absolute atomic E-state index is 0.0190. The Bertz CT molecular complexity index is 2540. The number of nitrogens with one attached hydrogen (secondary N) is 1.